The second-order valence-electron chi connectivity index (χ2n) is 5.68. The molecule has 2 nitrogen and oxygen atoms in total. The van der Waals surface area contributed by atoms with Crippen molar-refractivity contribution in [3.8, 4) is 0 Å². The van der Waals surface area contributed by atoms with Crippen LogP contribution in [-0.2, 0) is 6.54 Å². The van der Waals surface area contributed by atoms with Gasteiger partial charge in [0.1, 0.15) is 0 Å². The van der Waals surface area contributed by atoms with Crippen molar-refractivity contribution in [2.24, 2.45) is 23.5 Å². The number of benzene rings is 1. The molecule has 1 unspecified atom stereocenters. The van der Waals surface area contributed by atoms with Gasteiger partial charge in [0.2, 0.25) is 0 Å². The third-order valence-electron chi connectivity index (χ3n) is 4.34. The Morgan fingerprint density at radius 3 is 2.41 bits per heavy atom. The summed E-state index contributed by atoms with van der Waals surface area (Å²) < 4.78 is 0. The highest BCUT2D eigenvalue weighted by Crippen LogP contribution is 2.42. The van der Waals surface area contributed by atoms with Gasteiger partial charge in [0.25, 0.3) is 0 Å². The van der Waals surface area contributed by atoms with Gasteiger partial charge in [0.15, 0.2) is 0 Å². The Hall–Kier alpha value is -0.860. The third kappa shape index (κ3) is 2.53. The molecule has 2 heteroatoms. The smallest absolute Gasteiger partial charge is 0.0233 e. The molecular weight excluding hydrogens is 208 g/mol. The zero-order valence-electron chi connectivity index (χ0n) is 10.4. The molecule has 2 aliphatic rings. The molecule has 0 aromatic heterocycles. The van der Waals surface area contributed by atoms with Crippen LogP contribution in [0, 0.1) is 17.8 Å². The lowest BCUT2D eigenvalue weighted by Crippen LogP contribution is -2.51. The largest absolute Gasteiger partial charge is 0.330 e. The predicted molar refractivity (Wildman–Crippen MR) is 70.5 cm³/mol. The fraction of sp³-hybridized carbons (Fsp3) is 0.600. The molecule has 2 N–H and O–H groups in total. The molecule has 1 aliphatic heterocycles. The highest BCUT2D eigenvalue weighted by atomic mass is 15.2. The van der Waals surface area contributed by atoms with Crippen LogP contribution in [0.15, 0.2) is 30.3 Å². The summed E-state index contributed by atoms with van der Waals surface area (Å²) in [6.07, 6.45) is 2.86. The summed E-state index contributed by atoms with van der Waals surface area (Å²) in [6, 6.07) is 10.8. The number of likely N-dealkylation sites (tertiary alicyclic amines) is 1. The molecule has 2 fully saturated rings. The molecule has 1 saturated carbocycles. The molecule has 3 rings (SSSR count). The molecule has 1 aromatic rings. The summed E-state index contributed by atoms with van der Waals surface area (Å²) in [5, 5.41) is 0. The van der Waals surface area contributed by atoms with Crippen molar-refractivity contribution >= 4 is 0 Å². The summed E-state index contributed by atoms with van der Waals surface area (Å²) in [4.78, 5) is 2.55. The van der Waals surface area contributed by atoms with E-state index in [-0.39, 0.29) is 0 Å². The number of hydrogen-bond acceptors (Lipinski definition) is 2. The summed E-state index contributed by atoms with van der Waals surface area (Å²) in [5.74, 6) is 2.64. The molecule has 0 bridgehead atoms. The van der Waals surface area contributed by atoms with E-state index < -0.39 is 0 Å². The molecule has 1 heterocycles. The fourth-order valence-electron chi connectivity index (χ4n) is 3.15. The van der Waals surface area contributed by atoms with Gasteiger partial charge in [-0.1, -0.05) is 30.3 Å². The molecule has 1 saturated heterocycles. The van der Waals surface area contributed by atoms with Crippen LogP contribution in [0.5, 0.6) is 0 Å². The first-order chi connectivity index (χ1) is 8.36. The van der Waals surface area contributed by atoms with E-state index in [0.717, 1.165) is 30.8 Å². The maximum absolute atomic E-state index is 5.90. The first-order valence-corrected chi connectivity index (χ1v) is 6.83. The van der Waals surface area contributed by atoms with Crippen molar-refractivity contribution < 1.29 is 0 Å². The Kier molecular flexibility index (Phi) is 3.17. The van der Waals surface area contributed by atoms with E-state index in [1.54, 1.807) is 0 Å². The monoisotopic (exact) mass is 230 g/mol. The van der Waals surface area contributed by atoms with E-state index >= 15 is 0 Å². The number of hydrogen-bond donors (Lipinski definition) is 1. The minimum Gasteiger partial charge on any atom is -0.330 e. The fourth-order valence-corrected chi connectivity index (χ4v) is 3.15. The second-order valence-corrected chi connectivity index (χ2v) is 5.68. The zero-order chi connectivity index (χ0) is 11.7. The Morgan fingerprint density at radius 1 is 1.12 bits per heavy atom. The predicted octanol–water partition coefficient (Wildman–Crippen LogP) is 2.10. The Morgan fingerprint density at radius 2 is 1.82 bits per heavy atom. The minimum atomic E-state index is 0.807. The van der Waals surface area contributed by atoms with Gasteiger partial charge >= 0.3 is 0 Å². The first-order valence-electron chi connectivity index (χ1n) is 6.83. The van der Waals surface area contributed by atoms with E-state index in [1.165, 1.54) is 31.5 Å². The SMILES string of the molecule is NCC(C1CC1)C1CN(Cc2ccccc2)C1. The number of nitrogens with two attached hydrogens (primary N) is 1. The topological polar surface area (TPSA) is 29.3 Å². The van der Waals surface area contributed by atoms with Crippen molar-refractivity contribution in [1.29, 1.82) is 0 Å². The molecule has 92 valence electrons. The maximum Gasteiger partial charge on any atom is 0.0233 e. The molecular formula is C15H22N2. The third-order valence-corrected chi connectivity index (χ3v) is 4.34. The Bertz CT molecular complexity index is 352. The highest BCUT2D eigenvalue weighted by molar-refractivity contribution is 5.15. The lowest BCUT2D eigenvalue weighted by atomic mass is 9.82. The van der Waals surface area contributed by atoms with Gasteiger partial charge in [-0.2, -0.15) is 0 Å². The minimum absolute atomic E-state index is 0.807. The molecule has 1 atom stereocenters. The van der Waals surface area contributed by atoms with Gasteiger partial charge in [0, 0.05) is 19.6 Å². The summed E-state index contributed by atoms with van der Waals surface area (Å²) in [5.41, 5.74) is 7.34. The molecule has 1 aliphatic carbocycles. The van der Waals surface area contributed by atoms with Crippen LogP contribution in [0.25, 0.3) is 0 Å². The average Bonchev–Trinajstić information content (AvgIpc) is 3.12. The van der Waals surface area contributed by atoms with Gasteiger partial charge in [-0.25, -0.2) is 0 Å². The van der Waals surface area contributed by atoms with Crippen LogP contribution in [0.4, 0.5) is 0 Å². The van der Waals surface area contributed by atoms with Gasteiger partial charge in [-0.3, -0.25) is 4.90 Å². The van der Waals surface area contributed by atoms with Crippen molar-refractivity contribution in [1.82, 2.24) is 4.90 Å². The summed E-state index contributed by atoms with van der Waals surface area (Å²) in [7, 11) is 0. The van der Waals surface area contributed by atoms with Gasteiger partial charge < -0.3 is 5.73 Å². The van der Waals surface area contributed by atoms with Crippen molar-refractivity contribution in [2.45, 2.75) is 19.4 Å². The van der Waals surface area contributed by atoms with Crippen molar-refractivity contribution in [3.05, 3.63) is 35.9 Å². The van der Waals surface area contributed by atoms with Crippen LogP contribution < -0.4 is 5.73 Å². The van der Waals surface area contributed by atoms with Crippen LogP contribution in [0.1, 0.15) is 18.4 Å². The van der Waals surface area contributed by atoms with Gasteiger partial charge in [-0.15, -0.1) is 0 Å². The van der Waals surface area contributed by atoms with Crippen LogP contribution in [0.3, 0.4) is 0 Å². The van der Waals surface area contributed by atoms with E-state index in [1.807, 2.05) is 0 Å². The Balaban J connectivity index is 1.48. The quantitative estimate of drug-likeness (QED) is 0.839. The summed E-state index contributed by atoms with van der Waals surface area (Å²) >= 11 is 0. The van der Waals surface area contributed by atoms with Gasteiger partial charge in [-0.05, 0) is 42.7 Å². The van der Waals surface area contributed by atoms with Crippen LogP contribution in [0.2, 0.25) is 0 Å². The lowest BCUT2D eigenvalue weighted by Gasteiger charge is -2.43. The van der Waals surface area contributed by atoms with Crippen molar-refractivity contribution in [2.75, 3.05) is 19.6 Å². The molecule has 1 aromatic carbocycles. The normalized spacial score (nSPS) is 23.4. The second kappa shape index (κ2) is 4.79. The highest BCUT2D eigenvalue weighted by Gasteiger charge is 2.40. The van der Waals surface area contributed by atoms with Crippen molar-refractivity contribution in [3.63, 3.8) is 0 Å². The molecule has 0 radical (unpaired) electrons. The number of rotatable bonds is 5. The average molecular weight is 230 g/mol. The zero-order valence-corrected chi connectivity index (χ0v) is 10.4. The van der Waals surface area contributed by atoms with E-state index in [4.69, 9.17) is 5.73 Å². The van der Waals surface area contributed by atoms with Gasteiger partial charge in [0.05, 0.1) is 0 Å². The van der Waals surface area contributed by atoms with Crippen LogP contribution in [-0.4, -0.2) is 24.5 Å². The van der Waals surface area contributed by atoms with E-state index in [0.29, 0.717) is 0 Å². The number of nitrogens with zero attached hydrogens (tertiary/aromatic N) is 1. The summed E-state index contributed by atoms with van der Waals surface area (Å²) in [6.45, 7) is 4.52. The van der Waals surface area contributed by atoms with E-state index in [2.05, 4.69) is 35.2 Å². The Labute approximate surface area is 104 Å². The lowest BCUT2D eigenvalue weighted by molar-refractivity contribution is 0.0452. The van der Waals surface area contributed by atoms with E-state index in [9.17, 15) is 0 Å². The first kappa shape index (κ1) is 11.2. The maximum atomic E-state index is 5.90. The standard InChI is InChI=1S/C15H22N2/c16-8-15(13-6-7-13)14-10-17(11-14)9-12-4-2-1-3-5-12/h1-5,13-15H,6-11,16H2. The molecule has 0 amide bonds. The van der Waals surface area contributed by atoms with Crippen LogP contribution >= 0.6 is 0 Å². The molecule has 0 spiro atoms. The molecule has 17 heavy (non-hydrogen) atoms.